The molecule has 2 rings (SSSR count). The second-order valence-corrected chi connectivity index (χ2v) is 4.27. The van der Waals surface area contributed by atoms with Gasteiger partial charge in [-0.05, 0) is 30.5 Å². The van der Waals surface area contributed by atoms with E-state index in [2.05, 4.69) is 4.98 Å². The van der Waals surface area contributed by atoms with E-state index >= 15 is 0 Å². The van der Waals surface area contributed by atoms with Crippen LogP contribution in [0.25, 0.3) is 0 Å². The Kier molecular flexibility index (Phi) is 3.51. The van der Waals surface area contributed by atoms with Crippen molar-refractivity contribution in [3.63, 3.8) is 0 Å². The molecular formula is C12H17N3O. The van der Waals surface area contributed by atoms with Crippen LogP contribution in [-0.4, -0.2) is 34.9 Å². The molecule has 0 unspecified atom stereocenters. The van der Waals surface area contributed by atoms with E-state index in [9.17, 15) is 4.79 Å². The van der Waals surface area contributed by atoms with Crippen LogP contribution in [0, 0.1) is 0 Å². The highest BCUT2D eigenvalue weighted by atomic mass is 16.2. The lowest BCUT2D eigenvalue weighted by Gasteiger charge is -2.30. The van der Waals surface area contributed by atoms with E-state index in [4.69, 9.17) is 5.73 Å². The number of aromatic nitrogens is 1. The summed E-state index contributed by atoms with van der Waals surface area (Å²) in [4.78, 5) is 17.8. The molecule has 0 radical (unpaired) electrons. The molecule has 1 saturated heterocycles. The van der Waals surface area contributed by atoms with E-state index < -0.39 is 0 Å². The number of rotatable bonds is 2. The molecule has 1 aromatic heterocycles. The zero-order valence-electron chi connectivity index (χ0n) is 9.30. The fourth-order valence-corrected chi connectivity index (χ4v) is 2.02. The molecule has 1 aliphatic rings. The van der Waals surface area contributed by atoms with Gasteiger partial charge in [-0.1, -0.05) is 0 Å². The lowest BCUT2D eigenvalue weighted by molar-refractivity contribution is -0.131. The van der Waals surface area contributed by atoms with Crippen molar-refractivity contribution in [2.45, 2.75) is 25.3 Å². The maximum absolute atomic E-state index is 12.0. The largest absolute Gasteiger partial charge is 0.341 e. The first kappa shape index (κ1) is 11.1. The summed E-state index contributed by atoms with van der Waals surface area (Å²) in [7, 11) is 0. The van der Waals surface area contributed by atoms with E-state index in [0.717, 1.165) is 24.9 Å². The van der Waals surface area contributed by atoms with Crippen molar-refractivity contribution in [2.75, 3.05) is 13.1 Å². The Balaban J connectivity index is 1.93. The molecule has 4 nitrogen and oxygen atoms in total. The second kappa shape index (κ2) is 5.07. The van der Waals surface area contributed by atoms with Crippen LogP contribution >= 0.6 is 0 Å². The highest BCUT2D eigenvalue weighted by molar-refractivity contribution is 5.78. The molecule has 2 heterocycles. The first-order valence-corrected chi connectivity index (χ1v) is 5.68. The van der Waals surface area contributed by atoms with Crippen LogP contribution in [0.1, 0.15) is 18.4 Å². The summed E-state index contributed by atoms with van der Waals surface area (Å²) in [6.07, 6.45) is 5.92. The van der Waals surface area contributed by atoms with Gasteiger partial charge in [-0.3, -0.25) is 9.78 Å². The maximum atomic E-state index is 12.0. The molecule has 1 amide bonds. The van der Waals surface area contributed by atoms with E-state index in [0.29, 0.717) is 13.0 Å². The number of nitrogens with two attached hydrogens (primary N) is 1. The predicted molar refractivity (Wildman–Crippen MR) is 61.7 cm³/mol. The van der Waals surface area contributed by atoms with Gasteiger partial charge in [0.05, 0.1) is 6.42 Å². The minimum absolute atomic E-state index is 0.148. The Morgan fingerprint density at radius 1 is 1.50 bits per heavy atom. The minimum atomic E-state index is 0.148. The van der Waals surface area contributed by atoms with E-state index in [1.165, 1.54) is 0 Å². The molecule has 2 N–H and O–H groups in total. The molecule has 4 heteroatoms. The fourth-order valence-electron chi connectivity index (χ4n) is 2.02. The standard InChI is InChI=1S/C12H17N3O/c13-11-2-1-7-15(9-11)12(16)8-10-3-5-14-6-4-10/h3-6,11H,1-2,7-9,13H2/t11-/m1/s1. The van der Waals surface area contributed by atoms with E-state index in [1.807, 2.05) is 17.0 Å². The molecule has 1 aromatic rings. The molecule has 86 valence electrons. The number of piperidine rings is 1. The lowest BCUT2D eigenvalue weighted by atomic mass is 10.1. The van der Waals surface area contributed by atoms with Gasteiger partial charge in [0.2, 0.25) is 5.91 Å². The third kappa shape index (κ3) is 2.79. The number of pyridine rings is 1. The van der Waals surface area contributed by atoms with Crippen LogP contribution in [0.2, 0.25) is 0 Å². The summed E-state index contributed by atoms with van der Waals surface area (Å²) in [6, 6.07) is 3.90. The van der Waals surface area contributed by atoms with Crippen LogP contribution in [0.5, 0.6) is 0 Å². The molecule has 0 aromatic carbocycles. The van der Waals surface area contributed by atoms with Crippen molar-refractivity contribution in [2.24, 2.45) is 5.73 Å². The fraction of sp³-hybridized carbons (Fsp3) is 0.500. The van der Waals surface area contributed by atoms with Crippen molar-refractivity contribution in [3.05, 3.63) is 30.1 Å². The Labute approximate surface area is 95.5 Å². The molecule has 1 atom stereocenters. The maximum Gasteiger partial charge on any atom is 0.227 e. The first-order valence-electron chi connectivity index (χ1n) is 5.68. The smallest absolute Gasteiger partial charge is 0.227 e. The SMILES string of the molecule is N[C@@H]1CCCN(C(=O)Cc2ccncc2)C1. The Hall–Kier alpha value is -1.42. The van der Waals surface area contributed by atoms with E-state index in [-0.39, 0.29) is 11.9 Å². The summed E-state index contributed by atoms with van der Waals surface area (Å²) in [5.74, 6) is 0.168. The number of nitrogens with zero attached hydrogens (tertiary/aromatic N) is 2. The number of carbonyl (C=O) groups excluding carboxylic acids is 1. The van der Waals surface area contributed by atoms with Gasteiger partial charge in [0.25, 0.3) is 0 Å². The van der Waals surface area contributed by atoms with Crippen molar-refractivity contribution < 1.29 is 4.79 Å². The first-order chi connectivity index (χ1) is 7.75. The van der Waals surface area contributed by atoms with Gasteiger partial charge in [0.15, 0.2) is 0 Å². The lowest BCUT2D eigenvalue weighted by Crippen LogP contribution is -2.46. The zero-order valence-corrected chi connectivity index (χ0v) is 9.30. The number of hydrogen-bond acceptors (Lipinski definition) is 3. The average molecular weight is 219 g/mol. The normalized spacial score (nSPS) is 20.8. The third-order valence-electron chi connectivity index (χ3n) is 2.92. The highest BCUT2D eigenvalue weighted by Gasteiger charge is 2.20. The quantitative estimate of drug-likeness (QED) is 0.791. The topological polar surface area (TPSA) is 59.2 Å². The molecular weight excluding hydrogens is 202 g/mol. The van der Waals surface area contributed by atoms with Crippen molar-refractivity contribution >= 4 is 5.91 Å². The number of likely N-dealkylation sites (tertiary alicyclic amines) is 1. The number of hydrogen-bond donors (Lipinski definition) is 1. The highest BCUT2D eigenvalue weighted by Crippen LogP contribution is 2.10. The Morgan fingerprint density at radius 2 is 2.25 bits per heavy atom. The Bertz CT molecular complexity index is 353. The van der Waals surface area contributed by atoms with Gasteiger partial charge in [-0.25, -0.2) is 0 Å². The van der Waals surface area contributed by atoms with Gasteiger partial charge in [0, 0.05) is 31.5 Å². The molecule has 0 saturated carbocycles. The predicted octanol–water partition coefficient (Wildman–Crippen LogP) is 0.574. The summed E-state index contributed by atoms with van der Waals surface area (Å²) >= 11 is 0. The van der Waals surface area contributed by atoms with Gasteiger partial charge in [-0.2, -0.15) is 0 Å². The van der Waals surface area contributed by atoms with Crippen LogP contribution in [0.3, 0.4) is 0 Å². The molecule has 1 aliphatic heterocycles. The molecule has 16 heavy (non-hydrogen) atoms. The Morgan fingerprint density at radius 3 is 2.94 bits per heavy atom. The van der Waals surface area contributed by atoms with E-state index in [1.54, 1.807) is 12.4 Å². The van der Waals surface area contributed by atoms with Gasteiger partial charge < -0.3 is 10.6 Å². The molecule has 0 spiro atoms. The number of amides is 1. The second-order valence-electron chi connectivity index (χ2n) is 4.27. The number of carbonyl (C=O) groups is 1. The van der Waals surface area contributed by atoms with Crippen LogP contribution in [0.4, 0.5) is 0 Å². The zero-order chi connectivity index (χ0) is 11.4. The van der Waals surface area contributed by atoms with Crippen LogP contribution < -0.4 is 5.73 Å². The summed E-state index contributed by atoms with van der Waals surface area (Å²) < 4.78 is 0. The summed E-state index contributed by atoms with van der Waals surface area (Å²) in [5, 5.41) is 0. The van der Waals surface area contributed by atoms with Gasteiger partial charge in [0.1, 0.15) is 0 Å². The molecule has 0 bridgehead atoms. The average Bonchev–Trinajstić information content (AvgIpc) is 2.30. The van der Waals surface area contributed by atoms with Gasteiger partial charge >= 0.3 is 0 Å². The monoisotopic (exact) mass is 219 g/mol. The van der Waals surface area contributed by atoms with Crippen LogP contribution in [0.15, 0.2) is 24.5 Å². The van der Waals surface area contributed by atoms with Crippen LogP contribution in [-0.2, 0) is 11.2 Å². The summed E-state index contributed by atoms with van der Waals surface area (Å²) in [5.41, 5.74) is 6.87. The molecule has 0 aliphatic carbocycles. The molecule has 1 fully saturated rings. The van der Waals surface area contributed by atoms with Crippen molar-refractivity contribution in [3.8, 4) is 0 Å². The summed E-state index contributed by atoms with van der Waals surface area (Å²) in [6.45, 7) is 1.54. The minimum Gasteiger partial charge on any atom is -0.341 e. The van der Waals surface area contributed by atoms with Crippen molar-refractivity contribution in [1.29, 1.82) is 0 Å². The van der Waals surface area contributed by atoms with Crippen molar-refractivity contribution in [1.82, 2.24) is 9.88 Å². The van der Waals surface area contributed by atoms with Gasteiger partial charge in [-0.15, -0.1) is 0 Å². The third-order valence-corrected chi connectivity index (χ3v) is 2.92.